The molecule has 10 nitrogen and oxygen atoms in total. The molecule has 0 spiro atoms. The summed E-state index contributed by atoms with van der Waals surface area (Å²) < 4.78 is 6.63. The Balaban J connectivity index is 1.09. The maximum Gasteiger partial charge on any atom is 0.322 e. The lowest BCUT2D eigenvalue weighted by molar-refractivity contribution is -0.143. The molecular formula is C34H43Br2N5O5. The molecule has 248 valence electrons. The number of amides is 4. The van der Waals surface area contributed by atoms with Crippen LogP contribution in [0.3, 0.4) is 0 Å². The van der Waals surface area contributed by atoms with Gasteiger partial charge in [0.15, 0.2) is 0 Å². The summed E-state index contributed by atoms with van der Waals surface area (Å²) in [6.07, 6.45) is 4.79. The third kappa shape index (κ3) is 7.72. The van der Waals surface area contributed by atoms with Gasteiger partial charge in [-0.3, -0.25) is 14.5 Å². The fraction of sp³-hybridized carbons (Fsp3) is 0.559. The highest BCUT2D eigenvalue weighted by atomic mass is 79.9. The number of likely N-dealkylation sites (tertiary alicyclic amines) is 1. The number of piperazine rings is 1. The van der Waals surface area contributed by atoms with Crippen LogP contribution in [0, 0.1) is 5.92 Å². The first-order chi connectivity index (χ1) is 22.3. The van der Waals surface area contributed by atoms with E-state index in [0.717, 1.165) is 62.4 Å². The molecule has 3 fully saturated rings. The number of ether oxygens (including phenoxy) is 1. The Bertz CT molecular complexity index is 1400. The van der Waals surface area contributed by atoms with Gasteiger partial charge in [-0.25, -0.2) is 4.79 Å². The molecule has 2 aromatic rings. The van der Waals surface area contributed by atoms with E-state index >= 15 is 0 Å². The molecule has 3 saturated heterocycles. The number of hydrogen-bond donors (Lipinski definition) is 2. The van der Waals surface area contributed by atoms with Gasteiger partial charge < -0.3 is 29.9 Å². The number of aromatic hydroxyl groups is 1. The Morgan fingerprint density at radius 2 is 1.57 bits per heavy atom. The largest absolute Gasteiger partial charge is 0.506 e. The Morgan fingerprint density at radius 1 is 0.891 bits per heavy atom. The Labute approximate surface area is 287 Å². The van der Waals surface area contributed by atoms with Crippen molar-refractivity contribution in [1.29, 1.82) is 0 Å². The van der Waals surface area contributed by atoms with Gasteiger partial charge in [0, 0.05) is 83.2 Å². The Kier molecular flexibility index (Phi) is 10.9. The van der Waals surface area contributed by atoms with Crippen LogP contribution in [0.2, 0.25) is 0 Å². The van der Waals surface area contributed by atoms with Crippen molar-refractivity contribution in [2.45, 2.75) is 57.0 Å². The van der Waals surface area contributed by atoms with E-state index in [-0.39, 0.29) is 36.1 Å². The topological polar surface area (TPSA) is 106 Å². The van der Waals surface area contributed by atoms with Crippen LogP contribution in [0.25, 0.3) is 0 Å². The van der Waals surface area contributed by atoms with Gasteiger partial charge in [0.05, 0.1) is 14.9 Å². The maximum absolute atomic E-state index is 14.1. The molecule has 4 aliphatic rings. The number of phenolic OH excluding ortho intramolecular Hbond substituents is 1. The minimum atomic E-state index is -0.516. The molecular weight excluding hydrogens is 718 g/mol. The van der Waals surface area contributed by atoms with Crippen molar-refractivity contribution in [2.24, 2.45) is 5.92 Å². The van der Waals surface area contributed by atoms with Crippen LogP contribution in [-0.2, 0) is 27.2 Å². The molecule has 0 aromatic heterocycles. The number of urea groups is 1. The van der Waals surface area contributed by atoms with Gasteiger partial charge in [-0.1, -0.05) is 18.2 Å². The summed E-state index contributed by atoms with van der Waals surface area (Å²) in [6, 6.07) is 12.1. The average molecular weight is 762 g/mol. The zero-order valence-electron chi connectivity index (χ0n) is 26.1. The number of benzene rings is 2. The number of para-hydroxylation sites is 1. The molecule has 46 heavy (non-hydrogen) atoms. The summed E-state index contributed by atoms with van der Waals surface area (Å²) in [7, 11) is 0. The van der Waals surface area contributed by atoms with Crippen LogP contribution in [0.5, 0.6) is 5.75 Å². The Morgan fingerprint density at radius 3 is 2.26 bits per heavy atom. The van der Waals surface area contributed by atoms with E-state index in [1.54, 1.807) is 0 Å². The van der Waals surface area contributed by atoms with Crippen LogP contribution in [0.4, 0.5) is 10.5 Å². The van der Waals surface area contributed by atoms with E-state index < -0.39 is 5.92 Å². The minimum absolute atomic E-state index is 0.0102. The number of piperidine rings is 1. The van der Waals surface area contributed by atoms with E-state index in [0.29, 0.717) is 67.0 Å². The third-order valence-electron chi connectivity index (χ3n) is 10.1. The molecule has 4 aliphatic heterocycles. The number of hydrogen-bond acceptors (Lipinski definition) is 6. The zero-order chi connectivity index (χ0) is 32.2. The molecule has 2 N–H and O–H groups in total. The molecule has 4 amide bonds. The third-order valence-corrected chi connectivity index (χ3v) is 11.3. The van der Waals surface area contributed by atoms with Crippen molar-refractivity contribution in [3.8, 4) is 5.75 Å². The van der Waals surface area contributed by atoms with Crippen molar-refractivity contribution < 1.29 is 24.2 Å². The van der Waals surface area contributed by atoms with E-state index in [4.69, 9.17) is 4.74 Å². The number of carbonyl (C=O) groups excluding carboxylic acids is 3. The van der Waals surface area contributed by atoms with E-state index in [1.165, 1.54) is 0 Å². The lowest BCUT2D eigenvalue weighted by Gasteiger charge is -2.41. The molecule has 0 radical (unpaired) electrons. The monoisotopic (exact) mass is 759 g/mol. The highest BCUT2D eigenvalue weighted by Gasteiger charge is 2.35. The molecule has 0 aliphatic carbocycles. The van der Waals surface area contributed by atoms with Crippen molar-refractivity contribution in [2.75, 3.05) is 64.3 Å². The number of fused-ring (bicyclic) bond motifs is 1. The number of nitrogens with zero attached hydrogens (tertiary/aromatic N) is 4. The van der Waals surface area contributed by atoms with Crippen LogP contribution in [0.15, 0.2) is 45.3 Å². The van der Waals surface area contributed by atoms with Crippen LogP contribution >= 0.6 is 31.9 Å². The molecule has 2 aromatic carbocycles. The number of anilines is 1. The number of nitrogens with one attached hydrogen (secondary N) is 1. The first kappa shape index (κ1) is 33.2. The lowest BCUT2D eigenvalue weighted by atomic mass is 9.92. The lowest BCUT2D eigenvalue weighted by Crippen LogP contribution is -2.54. The summed E-state index contributed by atoms with van der Waals surface area (Å²) in [4.78, 5) is 49.1. The summed E-state index contributed by atoms with van der Waals surface area (Å²) in [5.41, 5.74) is 2.88. The van der Waals surface area contributed by atoms with E-state index in [1.807, 2.05) is 45.0 Å². The standard InChI is InChI=1S/C34H43Br2N5O5/c35-28-20-23(21-29(36)32(28)43)19-25(33(44)40-15-13-38(14-16-40)26-8-17-46-18-9-26)22-31(42)39-10-6-27(7-11-39)41-12-5-24-3-1-2-4-30(24)37-34(41)45/h1-4,20-21,25-27,43H,5-19,22H2,(H,37,45)/t25-/m0/s1. The second-order valence-electron chi connectivity index (χ2n) is 12.9. The van der Waals surface area contributed by atoms with Crippen molar-refractivity contribution in [1.82, 2.24) is 19.6 Å². The van der Waals surface area contributed by atoms with Gasteiger partial charge in [0.1, 0.15) is 5.75 Å². The fourth-order valence-electron chi connectivity index (χ4n) is 7.39. The smallest absolute Gasteiger partial charge is 0.322 e. The van der Waals surface area contributed by atoms with Gasteiger partial charge >= 0.3 is 6.03 Å². The number of rotatable bonds is 7. The molecule has 0 unspecified atom stereocenters. The first-order valence-electron chi connectivity index (χ1n) is 16.5. The molecule has 0 bridgehead atoms. The number of halogens is 2. The zero-order valence-corrected chi connectivity index (χ0v) is 29.3. The predicted molar refractivity (Wildman–Crippen MR) is 183 cm³/mol. The highest BCUT2D eigenvalue weighted by molar-refractivity contribution is 9.11. The van der Waals surface area contributed by atoms with Crippen molar-refractivity contribution in [3.63, 3.8) is 0 Å². The maximum atomic E-state index is 14.1. The van der Waals surface area contributed by atoms with Gasteiger partial charge in [0.2, 0.25) is 11.8 Å². The van der Waals surface area contributed by atoms with Gasteiger partial charge in [-0.15, -0.1) is 0 Å². The van der Waals surface area contributed by atoms with E-state index in [2.05, 4.69) is 48.1 Å². The van der Waals surface area contributed by atoms with E-state index in [9.17, 15) is 19.5 Å². The second-order valence-corrected chi connectivity index (χ2v) is 14.6. The minimum Gasteiger partial charge on any atom is -0.506 e. The van der Waals surface area contributed by atoms with Gasteiger partial charge in [0.25, 0.3) is 0 Å². The van der Waals surface area contributed by atoms with Crippen molar-refractivity contribution in [3.05, 3.63) is 56.5 Å². The molecule has 4 heterocycles. The SMILES string of the molecule is O=C(C[C@H](Cc1cc(Br)c(O)c(Br)c1)C(=O)N1CCN(C2CCOCC2)CC1)N1CCC(N2CCc3ccccc3NC2=O)CC1. The number of carbonyl (C=O) groups is 3. The summed E-state index contributed by atoms with van der Waals surface area (Å²) >= 11 is 6.83. The van der Waals surface area contributed by atoms with Crippen molar-refractivity contribution >= 4 is 55.4 Å². The Hall–Kier alpha value is -2.67. The summed E-state index contributed by atoms with van der Waals surface area (Å²) in [6.45, 7) is 6.31. The van der Waals surface area contributed by atoms with Gasteiger partial charge in [-0.05, 0) is 99.7 Å². The normalized spacial score (nSPS) is 21.0. The molecule has 1 atom stereocenters. The molecule has 0 saturated carbocycles. The fourth-order valence-corrected chi connectivity index (χ4v) is 8.67. The summed E-state index contributed by atoms with van der Waals surface area (Å²) in [5, 5.41) is 13.3. The quantitative estimate of drug-likeness (QED) is 0.418. The molecule has 12 heteroatoms. The van der Waals surface area contributed by atoms with Crippen LogP contribution in [0.1, 0.15) is 43.2 Å². The second kappa shape index (κ2) is 15.0. The van der Waals surface area contributed by atoms with Crippen LogP contribution < -0.4 is 5.32 Å². The highest BCUT2D eigenvalue weighted by Crippen LogP contribution is 2.35. The first-order valence-corrected chi connectivity index (χ1v) is 18.1. The predicted octanol–water partition coefficient (Wildman–Crippen LogP) is 4.87. The molecule has 6 rings (SSSR count). The van der Waals surface area contributed by atoms with Crippen LogP contribution in [-0.4, -0.2) is 114 Å². The summed E-state index contributed by atoms with van der Waals surface area (Å²) in [5.74, 6) is -0.423. The average Bonchev–Trinajstić information content (AvgIpc) is 3.25. The van der Waals surface area contributed by atoms with Gasteiger partial charge in [-0.2, -0.15) is 0 Å². The number of phenols is 1.